The number of hydrogen-bond acceptors (Lipinski definition) is 13. The summed E-state index contributed by atoms with van der Waals surface area (Å²) in [5.74, 6) is 4.60. The molecule has 18 rings (SSSR count). The van der Waals surface area contributed by atoms with Crippen molar-refractivity contribution < 1.29 is 23.7 Å². The maximum Gasteiger partial charge on any atom is 0.164 e. The molecule has 0 spiro atoms. The van der Waals surface area contributed by atoms with Crippen LogP contribution in [-0.4, -0.2) is 69.8 Å². The third-order valence-corrected chi connectivity index (χ3v) is 14.8. The van der Waals surface area contributed by atoms with E-state index in [9.17, 15) is 0 Å². The second kappa shape index (κ2) is 18.8. The molecule has 0 aliphatic carbocycles. The molecule has 6 aromatic heterocycles. The summed E-state index contributed by atoms with van der Waals surface area (Å²) in [6.07, 6.45) is 0. The van der Waals surface area contributed by atoms with E-state index in [2.05, 4.69) is 9.97 Å². The van der Waals surface area contributed by atoms with Gasteiger partial charge in [-0.15, -0.1) is 0 Å². The largest absolute Gasteiger partial charge is 0.357 e. The van der Waals surface area contributed by atoms with E-state index in [-0.39, 0.29) is 0 Å². The van der Waals surface area contributed by atoms with Crippen molar-refractivity contribution in [1.29, 1.82) is 0 Å². The minimum absolute atomic E-state index is 0.552. The third kappa shape index (κ3) is 7.59. The molecule has 0 radical (unpaired) electrons. The van der Waals surface area contributed by atoms with E-state index in [0.29, 0.717) is 91.8 Å². The minimum Gasteiger partial charge on any atom is -0.357 e. The summed E-state index contributed by atoms with van der Waals surface area (Å²) in [6, 6.07) is 64.1. The number of aromatic amines is 2. The summed E-state index contributed by atoms with van der Waals surface area (Å²) in [5, 5.41) is 7.39. The van der Waals surface area contributed by atoms with Crippen molar-refractivity contribution in [1.82, 2.24) is 79.7 Å². The van der Waals surface area contributed by atoms with E-state index >= 15 is 0 Å². The molecule has 82 heavy (non-hydrogen) atoms. The Morgan fingerprint density at radius 1 is 0.220 bits per heavy atom. The first-order valence-electron chi connectivity index (χ1n) is 26.1. The summed E-state index contributed by atoms with van der Waals surface area (Å²) in [6.45, 7) is 0. The van der Waals surface area contributed by atoms with Crippen molar-refractivity contribution in [3.63, 3.8) is 0 Å². The molecule has 380 valence electrons. The van der Waals surface area contributed by atoms with Crippen molar-refractivity contribution in [2.45, 2.75) is 0 Å². The number of nitrogens with zero attached hydrogens (tertiary/aromatic N) is 14. The van der Waals surface area contributed by atoms with Gasteiger partial charge < -0.3 is 39.9 Å². The predicted octanol–water partition coefficient (Wildman–Crippen LogP) is 12.9. The first-order valence-corrected chi connectivity index (χ1v) is 26.7. The molecule has 0 atom stereocenters. The first kappa shape index (κ1) is 47.0. The molecule has 0 unspecified atom stereocenters. The Morgan fingerprint density at radius 2 is 0.390 bits per heavy atom. The van der Waals surface area contributed by atoms with Crippen LogP contribution in [0.25, 0.3) is 179 Å². The van der Waals surface area contributed by atoms with Crippen LogP contribution in [-0.2, 0) is 23.7 Å². The average molecular weight is 1090 g/mol. The topological polar surface area (TPSA) is 232 Å². The van der Waals surface area contributed by atoms with Gasteiger partial charge >= 0.3 is 23.7 Å². The number of H-pyrrole nitrogens is 2. The number of hydrogen-bond donors (Lipinski definition) is 2. The molecular weight excluding hydrogens is 1060 g/mol. The Morgan fingerprint density at radius 3 is 0.598 bits per heavy atom. The van der Waals surface area contributed by atoms with Gasteiger partial charge in [0.05, 0.1) is 23.3 Å². The van der Waals surface area contributed by atoms with E-state index in [1.165, 1.54) is 0 Å². The molecule has 8 aromatic carbocycles. The van der Waals surface area contributed by atoms with Gasteiger partial charge in [-0.3, -0.25) is 0 Å². The van der Waals surface area contributed by atoms with Gasteiger partial charge in [0, 0.05) is 88.6 Å². The van der Waals surface area contributed by atoms with Crippen LogP contribution in [0.5, 0.6) is 0 Å². The summed E-state index contributed by atoms with van der Waals surface area (Å²) in [7, 11) is 0. The zero-order valence-electron chi connectivity index (χ0n) is 42.6. The number of fused-ring (bicyclic) bond motifs is 40. The van der Waals surface area contributed by atoms with Crippen LogP contribution in [0.3, 0.4) is 0 Å². The third-order valence-electron chi connectivity index (χ3n) is 14.8. The van der Waals surface area contributed by atoms with Crippen LogP contribution in [0.1, 0.15) is 0 Å². The van der Waals surface area contributed by atoms with E-state index in [4.69, 9.17) is 73.1 Å². The molecule has 0 saturated heterocycles. The molecule has 0 amide bonds. The summed E-state index contributed by atoms with van der Waals surface area (Å²) >= 11 is 0.750. The van der Waals surface area contributed by atoms with Crippen LogP contribution >= 0.6 is 0 Å². The molecule has 4 aliphatic heterocycles. The zero-order valence-corrected chi connectivity index (χ0v) is 44.2. The van der Waals surface area contributed by atoms with E-state index in [0.717, 1.165) is 108 Å². The molecule has 17 nitrogen and oxygen atoms in total. The predicted molar refractivity (Wildman–Crippen MR) is 311 cm³/mol. The van der Waals surface area contributed by atoms with Gasteiger partial charge in [-0.25, -0.2) is 39.9 Å². The number of rotatable bonds is 0. The van der Waals surface area contributed by atoms with Crippen molar-refractivity contribution in [2.75, 3.05) is 0 Å². The monoisotopic (exact) mass is 1090 g/mol. The van der Waals surface area contributed by atoms with Crippen LogP contribution in [0.4, 0.5) is 0 Å². The molecule has 18 heteroatoms. The first-order chi connectivity index (χ1) is 40.6. The molecule has 0 saturated carbocycles. The fourth-order valence-electron chi connectivity index (χ4n) is 11.0. The van der Waals surface area contributed by atoms with E-state index < -0.39 is 0 Å². The van der Waals surface area contributed by atoms with Gasteiger partial charge in [-0.1, -0.05) is 194 Å². The van der Waals surface area contributed by atoms with E-state index in [1.807, 2.05) is 194 Å². The molecule has 4 aliphatic rings. The minimum atomic E-state index is 0.552. The van der Waals surface area contributed by atoms with E-state index in [1.54, 1.807) is 0 Å². The quantitative estimate of drug-likeness (QED) is 0.134. The van der Waals surface area contributed by atoms with Crippen LogP contribution in [0.15, 0.2) is 194 Å². The van der Waals surface area contributed by atoms with Crippen molar-refractivity contribution in [2.24, 2.45) is 0 Å². The van der Waals surface area contributed by atoms with Crippen LogP contribution in [0, 0.1) is 0 Å². The molecular formula is C64H34N16OTi. The van der Waals surface area contributed by atoms with Gasteiger partial charge in [-0.05, 0) is 21.5 Å². The molecule has 0 fully saturated rings. The maximum absolute atomic E-state index is 8.25. The van der Waals surface area contributed by atoms with Gasteiger partial charge in [0.1, 0.15) is 22.6 Å². The SMILES string of the molecule is [O]=[Ti+2].c1ccc2c(c1)-c1nc-2nc2[n-]c(nc3nc(nc4[n-]c(n1)c1ccccc41)-c1ccccc1-3)c1ccccc21.c1ccc2c(c1)-c1nc-2nc2[nH]c(nc3nc(nc4[nH]c(n1)c1ccccc41)-c1ccccc1-3)c1ccccc21. The maximum atomic E-state index is 8.25. The van der Waals surface area contributed by atoms with Gasteiger partial charge in [0.15, 0.2) is 23.3 Å². The molecule has 16 bridgehead atoms. The normalized spacial score (nSPS) is 11.8. The summed E-state index contributed by atoms with van der Waals surface area (Å²) < 4.78 is 8.25. The van der Waals surface area contributed by atoms with Crippen molar-refractivity contribution in [3.05, 3.63) is 194 Å². The van der Waals surface area contributed by atoms with Crippen LogP contribution < -0.4 is 9.97 Å². The molecule has 14 aromatic rings. The number of nitrogens with one attached hydrogen (secondary N) is 2. The zero-order chi connectivity index (χ0) is 54.4. The Hall–Kier alpha value is -11.0. The second-order valence-corrected chi connectivity index (χ2v) is 19.5. The molecule has 10 heterocycles. The Bertz CT molecular complexity index is 4420. The summed E-state index contributed by atoms with van der Waals surface area (Å²) in [4.78, 5) is 76.0. The number of benzene rings is 8. The standard InChI is InChI=1S/C32H18N8.C32H16N8.O.Ti/c2*1-2-10-18-17(9-1)25-33-26(18)38-28-21-13-5-6-14-22(21)30(35-28)40-32-24-16-8-7-15-23(24)31(36-32)39-29-20-12-4-3-11-19(20)27(34-29)37-25;;/h1-16H,(H2,33,34,35,36,37,38,39,40);1-16H;;/q;-2;;+2. The fourth-order valence-corrected chi connectivity index (χ4v) is 11.0. The van der Waals surface area contributed by atoms with Gasteiger partial charge in [0.25, 0.3) is 0 Å². The van der Waals surface area contributed by atoms with Gasteiger partial charge in [0.2, 0.25) is 0 Å². The van der Waals surface area contributed by atoms with Crippen molar-refractivity contribution in [3.8, 4) is 91.1 Å². The fraction of sp³-hybridized carbons (Fsp3) is 0. The smallest absolute Gasteiger partial charge is 0.164 e. The van der Waals surface area contributed by atoms with Crippen molar-refractivity contribution >= 4 is 88.3 Å². The Kier molecular flexibility index (Phi) is 10.8. The Balaban J connectivity index is 0.000000131. The average Bonchev–Trinajstić information content (AvgIpc) is 4.51. The Labute approximate surface area is 474 Å². The molecule has 2 N–H and O–H groups in total. The van der Waals surface area contributed by atoms with Crippen LogP contribution in [0.2, 0.25) is 0 Å². The van der Waals surface area contributed by atoms with Gasteiger partial charge in [-0.2, -0.15) is 0 Å². The second-order valence-electron chi connectivity index (χ2n) is 19.5. The summed E-state index contributed by atoms with van der Waals surface area (Å²) in [5.41, 5.74) is 12.2. The number of aromatic nitrogens is 16.